The molecular weight excluding hydrogens is 366 g/mol. The second-order valence-corrected chi connectivity index (χ2v) is 7.25. The lowest BCUT2D eigenvalue weighted by molar-refractivity contribution is 0.567. The molecule has 0 atom stereocenters. The van der Waals surface area contributed by atoms with Crippen LogP contribution in [0.5, 0.6) is 0 Å². The Labute approximate surface area is 159 Å². The van der Waals surface area contributed by atoms with Crippen LogP contribution in [0, 0.1) is 0 Å². The predicted molar refractivity (Wildman–Crippen MR) is 105 cm³/mol. The number of anilines is 2. The highest BCUT2D eigenvalue weighted by Crippen LogP contribution is 2.28. The molecule has 0 radical (unpaired) electrons. The molecule has 6 nitrogen and oxygen atoms in total. The third-order valence-corrected chi connectivity index (χ3v) is 5.51. The number of hydrogen-bond donors (Lipinski definition) is 1. The summed E-state index contributed by atoms with van der Waals surface area (Å²) in [6, 6.07) is 13.8. The van der Waals surface area contributed by atoms with Gasteiger partial charge >= 0.3 is 0 Å². The Morgan fingerprint density at radius 2 is 2.04 bits per heavy atom. The lowest BCUT2D eigenvalue weighted by atomic mass is 10.3. The quantitative estimate of drug-likeness (QED) is 0.450. The molecule has 0 saturated carbocycles. The van der Waals surface area contributed by atoms with Gasteiger partial charge in [-0.15, -0.1) is 21.5 Å². The summed E-state index contributed by atoms with van der Waals surface area (Å²) in [4.78, 5) is 4.64. The summed E-state index contributed by atoms with van der Waals surface area (Å²) in [5, 5.41) is 15.7. The molecule has 1 aromatic carbocycles. The van der Waals surface area contributed by atoms with Crippen LogP contribution < -0.4 is 5.32 Å². The first-order valence-electron chi connectivity index (χ1n) is 8.20. The van der Waals surface area contributed by atoms with Gasteiger partial charge in [0.05, 0.1) is 12.0 Å². The van der Waals surface area contributed by atoms with Crippen LogP contribution in [0.3, 0.4) is 0 Å². The van der Waals surface area contributed by atoms with Gasteiger partial charge in [0.15, 0.2) is 21.9 Å². The largest absolute Gasteiger partial charge is 0.461 e. The van der Waals surface area contributed by atoms with Crippen molar-refractivity contribution in [2.24, 2.45) is 0 Å². The van der Waals surface area contributed by atoms with Crippen molar-refractivity contribution in [1.29, 1.82) is 0 Å². The molecule has 0 bridgehead atoms. The van der Waals surface area contributed by atoms with E-state index < -0.39 is 0 Å². The van der Waals surface area contributed by atoms with E-state index in [0.29, 0.717) is 0 Å². The van der Waals surface area contributed by atoms with Crippen molar-refractivity contribution in [3.63, 3.8) is 0 Å². The zero-order chi connectivity index (χ0) is 17.8. The molecule has 0 aliphatic rings. The van der Waals surface area contributed by atoms with Gasteiger partial charge in [0.25, 0.3) is 0 Å². The summed E-state index contributed by atoms with van der Waals surface area (Å²) in [5.41, 5.74) is 2.05. The highest BCUT2D eigenvalue weighted by atomic mass is 32.2. The van der Waals surface area contributed by atoms with Crippen LogP contribution in [-0.4, -0.2) is 19.7 Å². The number of thioether (sulfide) groups is 1. The average Bonchev–Trinajstić information content (AvgIpc) is 3.41. The number of nitrogens with zero attached hydrogens (tertiary/aromatic N) is 4. The highest BCUT2D eigenvalue weighted by Gasteiger charge is 2.15. The molecule has 0 amide bonds. The van der Waals surface area contributed by atoms with E-state index in [1.165, 1.54) is 0 Å². The van der Waals surface area contributed by atoms with Crippen molar-refractivity contribution in [2.75, 3.05) is 5.32 Å². The van der Waals surface area contributed by atoms with Crippen molar-refractivity contribution in [3.05, 3.63) is 59.8 Å². The Hall–Kier alpha value is -2.58. The average molecular weight is 384 g/mol. The zero-order valence-corrected chi connectivity index (χ0v) is 15.8. The summed E-state index contributed by atoms with van der Waals surface area (Å²) in [5.74, 6) is 2.22. The van der Waals surface area contributed by atoms with Crippen LogP contribution in [0.15, 0.2) is 63.7 Å². The molecule has 3 heterocycles. The summed E-state index contributed by atoms with van der Waals surface area (Å²) in [7, 11) is 0. The number of thiazole rings is 1. The third-order valence-electron chi connectivity index (χ3n) is 3.70. The lowest BCUT2D eigenvalue weighted by Crippen LogP contribution is -1.99. The second kappa shape index (κ2) is 7.76. The van der Waals surface area contributed by atoms with Crippen LogP contribution >= 0.6 is 23.1 Å². The molecule has 132 valence electrons. The third kappa shape index (κ3) is 3.66. The van der Waals surface area contributed by atoms with E-state index >= 15 is 0 Å². The van der Waals surface area contributed by atoms with Crippen LogP contribution in [0.1, 0.15) is 12.6 Å². The Balaban J connectivity index is 1.43. The first-order chi connectivity index (χ1) is 12.8. The fourth-order valence-corrected chi connectivity index (χ4v) is 4.21. The molecule has 3 aromatic heterocycles. The van der Waals surface area contributed by atoms with Gasteiger partial charge in [-0.25, -0.2) is 4.98 Å². The van der Waals surface area contributed by atoms with E-state index in [0.717, 1.165) is 45.6 Å². The summed E-state index contributed by atoms with van der Waals surface area (Å²) in [6.07, 6.45) is 1.65. The monoisotopic (exact) mass is 383 g/mol. The van der Waals surface area contributed by atoms with Gasteiger partial charge in [-0.1, -0.05) is 30.0 Å². The Morgan fingerprint density at radius 1 is 1.15 bits per heavy atom. The lowest BCUT2D eigenvalue weighted by Gasteiger charge is -2.04. The maximum absolute atomic E-state index is 5.45. The molecule has 0 aliphatic heterocycles. The molecule has 4 aromatic rings. The number of furan rings is 1. The van der Waals surface area contributed by atoms with Gasteiger partial charge < -0.3 is 9.73 Å². The number of rotatable bonds is 7. The maximum atomic E-state index is 5.45. The van der Waals surface area contributed by atoms with E-state index in [1.807, 2.05) is 42.5 Å². The molecule has 0 fully saturated rings. The molecule has 0 spiro atoms. The Morgan fingerprint density at radius 3 is 2.81 bits per heavy atom. The maximum Gasteiger partial charge on any atom is 0.200 e. The number of nitrogens with one attached hydrogen (secondary N) is 1. The molecule has 4 rings (SSSR count). The number of aromatic nitrogens is 4. The van der Waals surface area contributed by atoms with Gasteiger partial charge in [-0.05, 0) is 31.2 Å². The molecule has 0 aliphatic carbocycles. The van der Waals surface area contributed by atoms with E-state index in [-0.39, 0.29) is 0 Å². The van der Waals surface area contributed by atoms with E-state index in [2.05, 4.69) is 37.4 Å². The molecule has 8 heteroatoms. The van der Waals surface area contributed by atoms with Crippen LogP contribution in [0.4, 0.5) is 10.8 Å². The summed E-state index contributed by atoms with van der Waals surface area (Å²) < 4.78 is 7.50. The van der Waals surface area contributed by atoms with Gasteiger partial charge in [-0.2, -0.15) is 0 Å². The summed E-state index contributed by atoms with van der Waals surface area (Å²) >= 11 is 3.23. The number of para-hydroxylation sites is 1. The highest BCUT2D eigenvalue weighted by molar-refractivity contribution is 7.98. The van der Waals surface area contributed by atoms with Gasteiger partial charge in [0, 0.05) is 23.4 Å². The topological polar surface area (TPSA) is 68.8 Å². The first-order valence-corrected chi connectivity index (χ1v) is 10.1. The molecule has 26 heavy (non-hydrogen) atoms. The number of benzene rings is 1. The Kier molecular flexibility index (Phi) is 5.03. The van der Waals surface area contributed by atoms with E-state index in [9.17, 15) is 0 Å². The van der Waals surface area contributed by atoms with Crippen LogP contribution in [-0.2, 0) is 12.3 Å². The normalized spacial score (nSPS) is 11.0. The molecule has 1 N–H and O–H groups in total. The van der Waals surface area contributed by atoms with E-state index in [4.69, 9.17) is 4.42 Å². The Bertz CT molecular complexity index is 963. The van der Waals surface area contributed by atoms with Crippen molar-refractivity contribution < 1.29 is 4.42 Å². The van der Waals surface area contributed by atoms with Gasteiger partial charge in [-0.3, -0.25) is 4.57 Å². The van der Waals surface area contributed by atoms with E-state index in [1.54, 1.807) is 29.4 Å². The second-order valence-electron chi connectivity index (χ2n) is 5.45. The zero-order valence-electron chi connectivity index (χ0n) is 14.1. The SMILES string of the molecule is CCn1c(SCc2csc(Nc3ccccc3)n2)nnc1-c1ccco1. The minimum Gasteiger partial charge on any atom is -0.461 e. The fraction of sp³-hybridized carbons (Fsp3) is 0.167. The van der Waals surface area contributed by atoms with Crippen molar-refractivity contribution >= 4 is 33.9 Å². The standard InChI is InChI=1S/C18H17N5OS2/c1-2-23-16(15-9-6-10-24-15)21-22-18(23)26-12-14-11-25-17(20-14)19-13-7-4-3-5-8-13/h3-11H,2,12H2,1H3,(H,19,20). The molecular formula is C18H17N5OS2. The minimum absolute atomic E-state index is 0.731. The smallest absolute Gasteiger partial charge is 0.200 e. The predicted octanol–water partition coefficient (Wildman–Crippen LogP) is 5.05. The molecule has 0 saturated heterocycles. The van der Waals surface area contributed by atoms with Crippen LogP contribution in [0.2, 0.25) is 0 Å². The fourth-order valence-electron chi connectivity index (χ4n) is 2.48. The van der Waals surface area contributed by atoms with Crippen molar-refractivity contribution in [1.82, 2.24) is 19.7 Å². The van der Waals surface area contributed by atoms with Gasteiger partial charge in [0.2, 0.25) is 0 Å². The van der Waals surface area contributed by atoms with Gasteiger partial charge in [0.1, 0.15) is 0 Å². The minimum atomic E-state index is 0.731. The van der Waals surface area contributed by atoms with Crippen molar-refractivity contribution in [3.8, 4) is 11.6 Å². The first kappa shape index (κ1) is 16.9. The molecule has 0 unspecified atom stereocenters. The summed E-state index contributed by atoms with van der Waals surface area (Å²) in [6.45, 7) is 2.85. The van der Waals surface area contributed by atoms with Crippen LogP contribution in [0.25, 0.3) is 11.6 Å². The van der Waals surface area contributed by atoms with Crippen molar-refractivity contribution in [2.45, 2.75) is 24.4 Å². The number of hydrogen-bond acceptors (Lipinski definition) is 7.